The van der Waals surface area contributed by atoms with Gasteiger partial charge in [0.2, 0.25) is 11.8 Å². The predicted molar refractivity (Wildman–Crippen MR) is 100.0 cm³/mol. The van der Waals surface area contributed by atoms with Gasteiger partial charge in [-0.05, 0) is 31.0 Å². The Balaban J connectivity index is 1.75. The van der Waals surface area contributed by atoms with Crippen LogP contribution in [0.15, 0.2) is 36.5 Å². The smallest absolute Gasteiger partial charge is 0.322 e. The predicted octanol–water partition coefficient (Wildman–Crippen LogP) is 2.71. The van der Waals surface area contributed by atoms with Gasteiger partial charge in [0.05, 0.1) is 32.6 Å². The highest BCUT2D eigenvalue weighted by molar-refractivity contribution is 5.90. The summed E-state index contributed by atoms with van der Waals surface area (Å²) in [4.78, 5) is 23.2. The van der Waals surface area contributed by atoms with Gasteiger partial charge in [-0.3, -0.25) is 4.98 Å². The molecule has 2 aromatic heterocycles. The van der Waals surface area contributed by atoms with E-state index in [9.17, 15) is 4.79 Å². The van der Waals surface area contributed by atoms with Crippen molar-refractivity contribution >= 4 is 11.7 Å². The molecule has 1 N–H and O–H groups in total. The quantitative estimate of drug-likeness (QED) is 0.804. The molecule has 0 spiro atoms. The molecule has 2 amide bonds. The number of aromatic nitrogens is 2. The van der Waals surface area contributed by atoms with Crippen LogP contribution >= 0.6 is 0 Å². The van der Waals surface area contributed by atoms with Crippen LogP contribution in [-0.2, 0) is 11.3 Å². The first kappa shape index (κ1) is 18.9. The third kappa shape index (κ3) is 5.07. The van der Waals surface area contributed by atoms with Crippen LogP contribution in [0.2, 0.25) is 0 Å². The lowest BCUT2D eigenvalue weighted by Gasteiger charge is -2.25. The molecule has 0 aliphatic carbocycles. The molecule has 0 saturated carbocycles. The summed E-state index contributed by atoms with van der Waals surface area (Å²) < 4.78 is 16.1. The minimum absolute atomic E-state index is 0.0374. The average Bonchev–Trinajstić information content (AvgIpc) is 3.21. The largest absolute Gasteiger partial charge is 0.481 e. The molecule has 1 aliphatic rings. The Morgan fingerprint density at radius 3 is 2.85 bits per heavy atom. The van der Waals surface area contributed by atoms with Gasteiger partial charge in [0.1, 0.15) is 5.69 Å². The molecule has 0 aromatic carbocycles. The van der Waals surface area contributed by atoms with Crippen LogP contribution in [-0.4, -0.2) is 54.4 Å². The van der Waals surface area contributed by atoms with Gasteiger partial charge in [-0.25, -0.2) is 4.79 Å². The Bertz CT molecular complexity index is 751. The second-order valence-corrected chi connectivity index (χ2v) is 6.18. The standard InChI is InChI=1S/C19H24N4O4/c1-25-17-9-8-16(18(22-17)26-2)21-19(24)23(13-15-7-5-11-27-15)12-14-6-3-4-10-20-14/h3-4,6,8-10,15H,5,7,11-13H2,1-2H3,(H,21,24). The van der Waals surface area contributed by atoms with E-state index < -0.39 is 0 Å². The lowest BCUT2D eigenvalue weighted by Crippen LogP contribution is -2.40. The molecule has 1 aliphatic heterocycles. The first-order valence-electron chi connectivity index (χ1n) is 8.86. The number of hydrogen-bond donors (Lipinski definition) is 1. The molecule has 1 unspecified atom stereocenters. The number of rotatable bonds is 7. The van der Waals surface area contributed by atoms with Crippen LogP contribution in [0.3, 0.4) is 0 Å². The molecule has 27 heavy (non-hydrogen) atoms. The van der Waals surface area contributed by atoms with Crippen molar-refractivity contribution in [2.75, 3.05) is 32.7 Å². The van der Waals surface area contributed by atoms with E-state index in [1.54, 1.807) is 23.2 Å². The van der Waals surface area contributed by atoms with Gasteiger partial charge in [-0.1, -0.05) is 6.07 Å². The van der Waals surface area contributed by atoms with E-state index in [0.717, 1.165) is 25.1 Å². The summed E-state index contributed by atoms with van der Waals surface area (Å²) in [7, 11) is 3.02. The van der Waals surface area contributed by atoms with E-state index in [2.05, 4.69) is 15.3 Å². The molecule has 2 aromatic rings. The van der Waals surface area contributed by atoms with Gasteiger partial charge in [-0.2, -0.15) is 4.98 Å². The van der Waals surface area contributed by atoms with Gasteiger partial charge < -0.3 is 24.4 Å². The van der Waals surface area contributed by atoms with E-state index in [-0.39, 0.29) is 18.0 Å². The van der Waals surface area contributed by atoms with E-state index in [0.29, 0.717) is 24.7 Å². The molecule has 1 fully saturated rings. The van der Waals surface area contributed by atoms with Crippen molar-refractivity contribution in [2.24, 2.45) is 0 Å². The molecule has 3 heterocycles. The molecule has 0 radical (unpaired) electrons. The van der Waals surface area contributed by atoms with Crippen molar-refractivity contribution in [3.63, 3.8) is 0 Å². The van der Waals surface area contributed by atoms with E-state index in [4.69, 9.17) is 14.2 Å². The van der Waals surface area contributed by atoms with E-state index in [1.807, 2.05) is 18.2 Å². The van der Waals surface area contributed by atoms with Crippen molar-refractivity contribution in [1.29, 1.82) is 0 Å². The third-order valence-electron chi connectivity index (χ3n) is 4.29. The van der Waals surface area contributed by atoms with Gasteiger partial charge in [0.15, 0.2) is 0 Å². The number of carbonyl (C=O) groups is 1. The summed E-state index contributed by atoms with van der Waals surface area (Å²) in [5, 5.41) is 2.87. The number of carbonyl (C=O) groups excluding carboxylic acids is 1. The summed E-state index contributed by atoms with van der Waals surface area (Å²) in [5.74, 6) is 0.701. The number of hydrogen-bond acceptors (Lipinski definition) is 6. The third-order valence-corrected chi connectivity index (χ3v) is 4.29. The fourth-order valence-electron chi connectivity index (χ4n) is 2.92. The lowest BCUT2D eigenvalue weighted by atomic mass is 10.2. The number of anilines is 1. The average molecular weight is 372 g/mol. The summed E-state index contributed by atoms with van der Waals surface area (Å²) >= 11 is 0. The number of amides is 2. The molecule has 8 heteroatoms. The van der Waals surface area contributed by atoms with Gasteiger partial charge in [-0.15, -0.1) is 0 Å². The maximum Gasteiger partial charge on any atom is 0.322 e. The van der Waals surface area contributed by atoms with Crippen molar-refractivity contribution in [1.82, 2.24) is 14.9 Å². The Morgan fingerprint density at radius 2 is 2.19 bits per heavy atom. The van der Waals surface area contributed by atoms with Crippen LogP contribution in [0.1, 0.15) is 18.5 Å². The van der Waals surface area contributed by atoms with Crippen molar-refractivity contribution in [3.05, 3.63) is 42.2 Å². The Labute approximate surface area is 158 Å². The molecular formula is C19H24N4O4. The number of methoxy groups -OCH3 is 2. The lowest BCUT2D eigenvalue weighted by molar-refractivity contribution is 0.0816. The highest BCUT2D eigenvalue weighted by Gasteiger charge is 2.24. The van der Waals surface area contributed by atoms with Gasteiger partial charge in [0.25, 0.3) is 0 Å². The highest BCUT2D eigenvalue weighted by Crippen LogP contribution is 2.25. The first-order chi connectivity index (χ1) is 13.2. The second-order valence-electron chi connectivity index (χ2n) is 6.18. The minimum Gasteiger partial charge on any atom is -0.481 e. The summed E-state index contributed by atoms with van der Waals surface area (Å²) in [6.45, 7) is 1.62. The van der Waals surface area contributed by atoms with E-state index in [1.165, 1.54) is 14.2 Å². The second kappa shape index (κ2) is 9.18. The maximum absolute atomic E-state index is 12.9. The number of nitrogens with zero attached hydrogens (tertiary/aromatic N) is 3. The van der Waals surface area contributed by atoms with Crippen LogP contribution in [0.5, 0.6) is 11.8 Å². The van der Waals surface area contributed by atoms with Crippen LogP contribution in [0.4, 0.5) is 10.5 Å². The summed E-state index contributed by atoms with van der Waals surface area (Å²) in [6, 6.07) is 8.75. The number of nitrogens with one attached hydrogen (secondary N) is 1. The van der Waals surface area contributed by atoms with Crippen LogP contribution in [0, 0.1) is 0 Å². The maximum atomic E-state index is 12.9. The van der Waals surface area contributed by atoms with Crippen molar-refractivity contribution in [2.45, 2.75) is 25.5 Å². The molecule has 1 atom stereocenters. The van der Waals surface area contributed by atoms with Crippen molar-refractivity contribution < 1.29 is 19.0 Å². The fraction of sp³-hybridized carbons (Fsp3) is 0.421. The molecule has 144 valence electrons. The molecular weight excluding hydrogens is 348 g/mol. The monoisotopic (exact) mass is 372 g/mol. The summed E-state index contributed by atoms with van der Waals surface area (Å²) in [6.07, 6.45) is 3.71. The zero-order valence-corrected chi connectivity index (χ0v) is 15.6. The zero-order chi connectivity index (χ0) is 19.1. The fourth-order valence-corrected chi connectivity index (χ4v) is 2.92. The highest BCUT2D eigenvalue weighted by atomic mass is 16.5. The van der Waals surface area contributed by atoms with Crippen LogP contribution < -0.4 is 14.8 Å². The number of pyridine rings is 2. The van der Waals surface area contributed by atoms with Gasteiger partial charge in [0, 0.05) is 25.4 Å². The minimum atomic E-state index is -0.263. The van der Waals surface area contributed by atoms with Crippen molar-refractivity contribution in [3.8, 4) is 11.8 Å². The molecule has 3 rings (SSSR count). The number of ether oxygens (including phenoxy) is 3. The Morgan fingerprint density at radius 1 is 1.30 bits per heavy atom. The zero-order valence-electron chi connectivity index (χ0n) is 15.6. The van der Waals surface area contributed by atoms with Crippen LogP contribution in [0.25, 0.3) is 0 Å². The SMILES string of the molecule is COc1ccc(NC(=O)N(Cc2ccccn2)CC2CCCO2)c(OC)n1. The topological polar surface area (TPSA) is 85.8 Å². The van der Waals surface area contributed by atoms with Gasteiger partial charge >= 0.3 is 6.03 Å². The first-order valence-corrected chi connectivity index (χ1v) is 8.86. The normalized spacial score (nSPS) is 16.0. The van der Waals surface area contributed by atoms with E-state index >= 15 is 0 Å². The Hall–Kier alpha value is -2.87. The number of urea groups is 1. The molecule has 8 nitrogen and oxygen atoms in total. The molecule has 0 bridgehead atoms. The Kier molecular flexibility index (Phi) is 6.43. The molecule has 1 saturated heterocycles. The summed E-state index contributed by atoms with van der Waals surface area (Å²) in [5.41, 5.74) is 1.28.